The number of hydrogen-bond donors (Lipinski definition) is 2. The number of carboxylic acid groups (broad SMARTS) is 2. The fraction of sp³-hybridized carbons (Fsp3) is 0.250. The molecule has 0 saturated heterocycles. The molecule has 2 rings (SSSR count). The van der Waals surface area contributed by atoms with Crippen molar-refractivity contribution in [3.05, 3.63) is 18.3 Å². The minimum absolute atomic E-state index is 0.161. The summed E-state index contributed by atoms with van der Waals surface area (Å²) in [6, 6.07) is 3.52. The molecule has 2 aromatic heterocycles. The van der Waals surface area contributed by atoms with Gasteiger partial charge < -0.3 is 0 Å². The Labute approximate surface area is 118 Å². The number of hydrogen-bond acceptors (Lipinski definition) is 4. The van der Waals surface area contributed by atoms with Crippen molar-refractivity contribution in [3.8, 4) is 0 Å². The number of rotatable bonds is 2. The summed E-state index contributed by atoms with van der Waals surface area (Å²) >= 11 is -2.48. The molecule has 0 fully saturated rings. The van der Waals surface area contributed by atoms with Gasteiger partial charge in [0.2, 0.25) is 0 Å². The standard InChI is InChI=1S/C9H5N2O5.3CH3.Sn/c12-8(13)11(9(14)15)7-6-5(1-3-10-7)2-4-16-6;;;;/h1-3H,(H,12,13)(H,14,15);3*1H3;. The van der Waals surface area contributed by atoms with E-state index in [1.807, 2.05) is 6.07 Å². The molecule has 0 aliphatic rings. The summed E-state index contributed by atoms with van der Waals surface area (Å²) < 4.78 is 6.54. The van der Waals surface area contributed by atoms with Crippen molar-refractivity contribution in [2.75, 3.05) is 4.90 Å². The van der Waals surface area contributed by atoms with Gasteiger partial charge in [-0.2, -0.15) is 0 Å². The predicted molar refractivity (Wildman–Crippen MR) is 75.5 cm³/mol. The van der Waals surface area contributed by atoms with Crippen LogP contribution in [0.1, 0.15) is 0 Å². The van der Waals surface area contributed by atoms with Crippen LogP contribution in [0.3, 0.4) is 0 Å². The van der Waals surface area contributed by atoms with E-state index in [2.05, 4.69) is 19.8 Å². The van der Waals surface area contributed by atoms with Gasteiger partial charge in [0.1, 0.15) is 0 Å². The van der Waals surface area contributed by atoms with Crippen LogP contribution in [0.25, 0.3) is 11.0 Å². The Hall–Kier alpha value is -1.77. The summed E-state index contributed by atoms with van der Waals surface area (Å²) in [5.41, 5.74) is 0.193. The van der Waals surface area contributed by atoms with Gasteiger partial charge in [-0.15, -0.1) is 0 Å². The van der Waals surface area contributed by atoms with Gasteiger partial charge >= 0.3 is 118 Å². The molecule has 20 heavy (non-hydrogen) atoms. The number of furan rings is 1. The SMILES string of the molecule is [CH3][Sn]([CH3])([CH3])[c]1cc2ccnc(N(C(=O)O)C(=O)O)c2o1. The van der Waals surface area contributed by atoms with Crippen LogP contribution >= 0.6 is 0 Å². The number of pyridine rings is 1. The minimum atomic E-state index is -2.48. The Kier molecular flexibility index (Phi) is 3.63. The third-order valence-corrected chi connectivity index (χ3v) is 7.67. The Morgan fingerprint density at radius 1 is 1.25 bits per heavy atom. The maximum atomic E-state index is 11.1. The normalized spacial score (nSPS) is 11.6. The summed E-state index contributed by atoms with van der Waals surface area (Å²) in [5.74, 6) is -0.218. The van der Waals surface area contributed by atoms with Crippen LogP contribution in [0, 0.1) is 0 Å². The van der Waals surface area contributed by atoms with E-state index in [9.17, 15) is 9.59 Å². The monoisotopic (exact) mass is 386 g/mol. The molecule has 0 bridgehead atoms. The molecule has 106 valence electrons. The number of anilines is 1. The zero-order valence-corrected chi connectivity index (χ0v) is 14.1. The molecule has 7 nitrogen and oxygen atoms in total. The number of fused-ring (bicyclic) bond motifs is 1. The van der Waals surface area contributed by atoms with Crippen molar-refractivity contribution >= 4 is 51.1 Å². The first-order chi connectivity index (χ1) is 9.21. The van der Waals surface area contributed by atoms with Gasteiger partial charge in [-0.25, -0.2) is 0 Å². The second kappa shape index (κ2) is 4.97. The van der Waals surface area contributed by atoms with E-state index in [0.29, 0.717) is 5.39 Å². The summed E-state index contributed by atoms with van der Waals surface area (Å²) in [4.78, 5) is 32.6. The van der Waals surface area contributed by atoms with Crippen LogP contribution in [-0.2, 0) is 0 Å². The first kappa shape index (κ1) is 14.6. The van der Waals surface area contributed by atoms with E-state index in [1.165, 1.54) is 6.20 Å². The molecule has 0 saturated carbocycles. The zero-order valence-electron chi connectivity index (χ0n) is 11.2. The predicted octanol–water partition coefficient (Wildman–Crippen LogP) is 2.54. The molecule has 0 aromatic carbocycles. The second-order valence-electron chi connectivity index (χ2n) is 5.31. The number of nitrogens with zero attached hydrogens (tertiary/aromatic N) is 2. The maximum absolute atomic E-state index is 11.1. The van der Waals surface area contributed by atoms with Crippen LogP contribution in [-0.4, -0.2) is 45.8 Å². The van der Waals surface area contributed by atoms with Gasteiger partial charge in [-0.1, -0.05) is 0 Å². The molecule has 0 aliphatic carbocycles. The second-order valence-corrected chi connectivity index (χ2v) is 19.6. The van der Waals surface area contributed by atoms with Crippen molar-refractivity contribution in [2.45, 2.75) is 14.8 Å². The molecular formula is C12H14N2O5Sn. The van der Waals surface area contributed by atoms with Crippen LogP contribution in [0.15, 0.2) is 22.7 Å². The zero-order chi connectivity index (χ0) is 15.1. The van der Waals surface area contributed by atoms with E-state index < -0.39 is 30.6 Å². The average Bonchev–Trinajstić information content (AvgIpc) is 2.72. The van der Waals surface area contributed by atoms with E-state index >= 15 is 0 Å². The summed E-state index contributed by atoms with van der Waals surface area (Å²) in [6.45, 7) is 0. The Morgan fingerprint density at radius 3 is 2.35 bits per heavy atom. The molecule has 2 aromatic rings. The molecule has 0 spiro atoms. The van der Waals surface area contributed by atoms with Crippen molar-refractivity contribution in [3.63, 3.8) is 0 Å². The van der Waals surface area contributed by atoms with Gasteiger partial charge in [0.05, 0.1) is 0 Å². The molecule has 2 heterocycles. The average molecular weight is 385 g/mol. The van der Waals surface area contributed by atoms with Crippen LogP contribution in [0.2, 0.25) is 14.8 Å². The van der Waals surface area contributed by atoms with Gasteiger partial charge in [-0.05, 0) is 0 Å². The van der Waals surface area contributed by atoms with Crippen molar-refractivity contribution < 1.29 is 24.2 Å². The number of carbonyl (C=O) groups is 2. The summed E-state index contributed by atoms with van der Waals surface area (Å²) in [5, 5.41) is 18.7. The van der Waals surface area contributed by atoms with Gasteiger partial charge in [-0.3, -0.25) is 0 Å². The van der Waals surface area contributed by atoms with Gasteiger partial charge in [0, 0.05) is 0 Å². The molecule has 2 amide bonds. The molecule has 0 radical (unpaired) electrons. The van der Waals surface area contributed by atoms with Crippen LogP contribution < -0.4 is 8.68 Å². The fourth-order valence-electron chi connectivity index (χ4n) is 1.74. The first-order valence-corrected chi connectivity index (χ1v) is 15.9. The fourth-order valence-corrected chi connectivity index (χ4v) is 4.59. The summed E-state index contributed by atoms with van der Waals surface area (Å²) in [6.07, 6.45) is -1.86. The third-order valence-electron chi connectivity index (χ3n) is 2.75. The van der Waals surface area contributed by atoms with Crippen LogP contribution in [0.4, 0.5) is 15.4 Å². The van der Waals surface area contributed by atoms with Crippen molar-refractivity contribution in [2.24, 2.45) is 0 Å². The van der Waals surface area contributed by atoms with Crippen molar-refractivity contribution in [1.82, 2.24) is 4.98 Å². The quantitative estimate of drug-likeness (QED) is 0.771. The number of aromatic nitrogens is 1. The van der Waals surface area contributed by atoms with Gasteiger partial charge in [0.25, 0.3) is 0 Å². The topological polar surface area (TPSA) is 104 Å². The first-order valence-electron chi connectivity index (χ1n) is 5.87. The Bertz CT molecular complexity index is 675. The van der Waals surface area contributed by atoms with E-state index in [-0.39, 0.29) is 16.3 Å². The molecule has 0 aliphatic heterocycles. The number of imide groups is 1. The Morgan fingerprint density at radius 2 is 1.85 bits per heavy atom. The van der Waals surface area contributed by atoms with E-state index in [0.717, 1.165) is 3.78 Å². The molecule has 0 atom stereocenters. The van der Waals surface area contributed by atoms with Crippen molar-refractivity contribution in [1.29, 1.82) is 0 Å². The van der Waals surface area contributed by atoms with E-state index in [4.69, 9.17) is 14.6 Å². The van der Waals surface area contributed by atoms with Crippen LogP contribution in [0.5, 0.6) is 0 Å². The molecular weight excluding hydrogens is 371 g/mol. The molecule has 8 heteroatoms. The number of amides is 2. The van der Waals surface area contributed by atoms with E-state index in [1.54, 1.807) is 6.07 Å². The summed E-state index contributed by atoms with van der Waals surface area (Å²) in [7, 11) is 0. The Balaban J connectivity index is 2.68. The molecule has 2 N–H and O–H groups in total. The molecule has 0 unspecified atom stereocenters. The third kappa shape index (κ3) is 2.58. The van der Waals surface area contributed by atoms with Gasteiger partial charge in [0.15, 0.2) is 0 Å².